The van der Waals surface area contributed by atoms with E-state index in [4.69, 9.17) is 4.74 Å². The van der Waals surface area contributed by atoms with Crippen molar-refractivity contribution < 1.29 is 14.2 Å². The Kier molecular flexibility index (Phi) is 6.08. The average molecular weight is 296 g/mol. The number of aliphatic hydroxyl groups excluding tert-OH is 1. The lowest BCUT2D eigenvalue weighted by atomic mass is 10.0. The highest BCUT2D eigenvalue weighted by Gasteiger charge is 2.23. The van der Waals surface area contributed by atoms with Crippen molar-refractivity contribution in [2.24, 2.45) is 5.92 Å². The lowest BCUT2D eigenvalue weighted by Gasteiger charge is -2.28. The molecule has 1 N–H and O–H groups in total. The Labute approximate surface area is 125 Å². The van der Waals surface area contributed by atoms with E-state index in [1.165, 1.54) is 6.07 Å². The lowest BCUT2D eigenvalue weighted by molar-refractivity contribution is 0.0480. The fourth-order valence-electron chi connectivity index (χ4n) is 2.77. The Bertz CT molecular complexity index is 421. The third-order valence-corrected chi connectivity index (χ3v) is 4.07. The molecule has 2 heterocycles. The van der Waals surface area contributed by atoms with Crippen molar-refractivity contribution in [1.29, 1.82) is 0 Å². The van der Waals surface area contributed by atoms with Crippen molar-refractivity contribution in [1.82, 2.24) is 9.88 Å². The van der Waals surface area contributed by atoms with Gasteiger partial charge in [-0.3, -0.25) is 4.98 Å². The summed E-state index contributed by atoms with van der Waals surface area (Å²) in [5.74, 6) is -0.350. The van der Waals surface area contributed by atoms with Crippen LogP contribution in [0.25, 0.3) is 0 Å². The number of halogens is 1. The van der Waals surface area contributed by atoms with Gasteiger partial charge in [0.05, 0.1) is 24.1 Å². The van der Waals surface area contributed by atoms with E-state index in [0.29, 0.717) is 11.8 Å². The van der Waals surface area contributed by atoms with Crippen LogP contribution >= 0.6 is 0 Å². The summed E-state index contributed by atoms with van der Waals surface area (Å²) in [5, 5.41) is 10.3. The van der Waals surface area contributed by atoms with Gasteiger partial charge in [0, 0.05) is 25.6 Å². The summed E-state index contributed by atoms with van der Waals surface area (Å²) in [6, 6.07) is 2.88. The molecular weight excluding hydrogens is 271 g/mol. The number of likely N-dealkylation sites (N-methyl/N-ethyl adjacent to an activating group) is 1. The van der Waals surface area contributed by atoms with Gasteiger partial charge in [0.2, 0.25) is 0 Å². The molecule has 21 heavy (non-hydrogen) atoms. The van der Waals surface area contributed by atoms with Gasteiger partial charge in [-0.05, 0) is 31.5 Å². The van der Waals surface area contributed by atoms with Crippen LogP contribution < -0.4 is 0 Å². The van der Waals surface area contributed by atoms with Crippen LogP contribution in [0, 0.1) is 11.7 Å². The standard InChI is InChI=1S/C16H25FN2O2/c1-3-19(11-14-5-4-8-21-14)10-12(2)16(20)15-7-6-13(17)9-18-15/h6-7,9,12,14,16,20H,3-5,8,10-11H2,1-2H3. The molecule has 0 radical (unpaired) electrons. The summed E-state index contributed by atoms with van der Waals surface area (Å²) in [7, 11) is 0. The van der Waals surface area contributed by atoms with Crippen LogP contribution in [-0.2, 0) is 4.74 Å². The maximum atomic E-state index is 12.9. The van der Waals surface area contributed by atoms with Crippen molar-refractivity contribution >= 4 is 0 Å². The van der Waals surface area contributed by atoms with E-state index >= 15 is 0 Å². The van der Waals surface area contributed by atoms with E-state index in [0.717, 1.165) is 45.3 Å². The molecule has 118 valence electrons. The number of ether oxygens (including phenoxy) is 1. The number of hydrogen-bond donors (Lipinski definition) is 1. The first kappa shape index (κ1) is 16.3. The number of aliphatic hydroxyl groups is 1. The molecule has 1 aromatic heterocycles. The summed E-state index contributed by atoms with van der Waals surface area (Å²) in [5.41, 5.74) is 0.525. The minimum atomic E-state index is -0.677. The van der Waals surface area contributed by atoms with Gasteiger partial charge in [-0.2, -0.15) is 0 Å². The highest BCUT2D eigenvalue weighted by Crippen LogP contribution is 2.22. The predicted octanol–water partition coefficient (Wildman–Crippen LogP) is 2.39. The quantitative estimate of drug-likeness (QED) is 0.839. The molecule has 0 spiro atoms. The molecule has 3 unspecified atom stereocenters. The van der Waals surface area contributed by atoms with E-state index in [9.17, 15) is 9.50 Å². The van der Waals surface area contributed by atoms with Gasteiger partial charge in [0.1, 0.15) is 5.82 Å². The van der Waals surface area contributed by atoms with Crippen molar-refractivity contribution in [3.63, 3.8) is 0 Å². The van der Waals surface area contributed by atoms with Gasteiger partial charge < -0.3 is 14.7 Å². The molecule has 1 fully saturated rings. The Hall–Kier alpha value is -1.04. The number of nitrogens with zero attached hydrogens (tertiary/aromatic N) is 2. The molecule has 0 aliphatic carbocycles. The molecule has 0 bridgehead atoms. The van der Waals surface area contributed by atoms with Crippen molar-refractivity contribution in [3.8, 4) is 0 Å². The number of rotatable bonds is 7. The first-order valence-electron chi connectivity index (χ1n) is 7.73. The Morgan fingerprint density at radius 1 is 1.52 bits per heavy atom. The zero-order chi connectivity index (χ0) is 15.2. The van der Waals surface area contributed by atoms with Crippen LogP contribution in [0.2, 0.25) is 0 Å². The van der Waals surface area contributed by atoms with E-state index in [-0.39, 0.29) is 11.7 Å². The van der Waals surface area contributed by atoms with E-state index in [1.54, 1.807) is 6.07 Å². The molecular formula is C16H25FN2O2. The fraction of sp³-hybridized carbons (Fsp3) is 0.688. The molecule has 0 amide bonds. The molecule has 1 aliphatic rings. The summed E-state index contributed by atoms with van der Waals surface area (Å²) < 4.78 is 18.5. The fourth-order valence-corrected chi connectivity index (χ4v) is 2.77. The normalized spacial score (nSPS) is 21.7. The molecule has 1 aliphatic heterocycles. The van der Waals surface area contributed by atoms with Crippen molar-refractivity contribution in [2.75, 3.05) is 26.2 Å². The Balaban J connectivity index is 1.88. The smallest absolute Gasteiger partial charge is 0.141 e. The van der Waals surface area contributed by atoms with Gasteiger partial charge in [-0.15, -0.1) is 0 Å². The third kappa shape index (κ3) is 4.73. The second-order valence-corrected chi connectivity index (χ2v) is 5.81. The second-order valence-electron chi connectivity index (χ2n) is 5.81. The summed E-state index contributed by atoms with van der Waals surface area (Å²) >= 11 is 0. The van der Waals surface area contributed by atoms with Crippen LogP contribution in [0.3, 0.4) is 0 Å². The largest absolute Gasteiger partial charge is 0.386 e. The number of pyridine rings is 1. The molecule has 1 saturated heterocycles. The summed E-state index contributed by atoms with van der Waals surface area (Å²) in [4.78, 5) is 6.27. The minimum Gasteiger partial charge on any atom is -0.386 e. The Morgan fingerprint density at radius 2 is 2.33 bits per heavy atom. The Morgan fingerprint density at radius 3 is 2.90 bits per heavy atom. The first-order valence-corrected chi connectivity index (χ1v) is 7.73. The van der Waals surface area contributed by atoms with Crippen molar-refractivity contribution in [2.45, 2.75) is 38.9 Å². The van der Waals surface area contributed by atoms with Gasteiger partial charge in [-0.25, -0.2) is 4.39 Å². The van der Waals surface area contributed by atoms with Gasteiger partial charge in [0.15, 0.2) is 0 Å². The molecule has 5 heteroatoms. The topological polar surface area (TPSA) is 45.6 Å². The zero-order valence-electron chi connectivity index (χ0n) is 12.8. The first-order chi connectivity index (χ1) is 10.1. The molecule has 3 atom stereocenters. The summed E-state index contributed by atoms with van der Waals surface area (Å²) in [6.07, 6.45) is 3.05. The monoisotopic (exact) mass is 296 g/mol. The number of aromatic nitrogens is 1. The van der Waals surface area contributed by atoms with Crippen LogP contribution in [0.1, 0.15) is 38.5 Å². The van der Waals surface area contributed by atoms with Crippen LogP contribution in [-0.4, -0.2) is 47.3 Å². The maximum Gasteiger partial charge on any atom is 0.141 e. The highest BCUT2D eigenvalue weighted by molar-refractivity contribution is 5.08. The van der Waals surface area contributed by atoms with Gasteiger partial charge in [0.25, 0.3) is 0 Å². The zero-order valence-corrected chi connectivity index (χ0v) is 12.8. The van der Waals surface area contributed by atoms with Gasteiger partial charge >= 0.3 is 0 Å². The SMILES string of the molecule is CCN(CC1CCCO1)CC(C)C(O)c1ccc(F)cn1. The second kappa shape index (κ2) is 7.82. The van der Waals surface area contributed by atoms with Crippen LogP contribution in [0.4, 0.5) is 4.39 Å². The van der Waals surface area contributed by atoms with Crippen molar-refractivity contribution in [3.05, 3.63) is 29.8 Å². The molecule has 2 rings (SSSR count). The molecule has 0 aromatic carbocycles. The molecule has 0 saturated carbocycles. The predicted molar refractivity (Wildman–Crippen MR) is 79.4 cm³/mol. The number of hydrogen-bond acceptors (Lipinski definition) is 4. The third-order valence-electron chi connectivity index (χ3n) is 4.07. The maximum absolute atomic E-state index is 12.9. The van der Waals surface area contributed by atoms with E-state index in [2.05, 4.69) is 16.8 Å². The molecule has 1 aromatic rings. The van der Waals surface area contributed by atoms with E-state index in [1.807, 2.05) is 6.92 Å². The summed E-state index contributed by atoms with van der Waals surface area (Å²) in [6.45, 7) is 7.58. The lowest BCUT2D eigenvalue weighted by Crippen LogP contribution is -2.36. The molecule has 4 nitrogen and oxygen atoms in total. The van der Waals surface area contributed by atoms with E-state index < -0.39 is 6.10 Å². The van der Waals surface area contributed by atoms with Crippen LogP contribution in [0.15, 0.2) is 18.3 Å². The highest BCUT2D eigenvalue weighted by atomic mass is 19.1. The minimum absolute atomic E-state index is 0.0318. The van der Waals surface area contributed by atoms with Crippen LogP contribution in [0.5, 0.6) is 0 Å². The van der Waals surface area contributed by atoms with Gasteiger partial charge in [-0.1, -0.05) is 13.8 Å². The average Bonchev–Trinajstić information content (AvgIpc) is 2.99.